The summed E-state index contributed by atoms with van der Waals surface area (Å²) in [5, 5.41) is 9.61. The second-order valence-corrected chi connectivity index (χ2v) is 9.31. The highest BCUT2D eigenvalue weighted by molar-refractivity contribution is 5.71. The molecule has 7 atom stereocenters. The van der Waals surface area contributed by atoms with Gasteiger partial charge in [-0.15, -0.1) is 0 Å². The summed E-state index contributed by atoms with van der Waals surface area (Å²) in [5.74, 6) is -0.146. The van der Waals surface area contributed by atoms with E-state index in [-0.39, 0.29) is 54.7 Å². The predicted octanol–water partition coefficient (Wildman–Crippen LogP) is 4.86. The molecule has 0 aromatic rings. The molecule has 0 aliphatic heterocycles. The quantitative estimate of drug-likeness (QED) is 0.303. The third-order valence-corrected chi connectivity index (χ3v) is 6.32. The number of hydrogen-bond donors (Lipinski definition) is 1. The van der Waals surface area contributed by atoms with E-state index in [2.05, 4.69) is 20.8 Å². The first kappa shape index (κ1) is 30.3. The van der Waals surface area contributed by atoms with Crippen molar-refractivity contribution >= 4 is 5.97 Å². The van der Waals surface area contributed by atoms with Gasteiger partial charge in [0, 0.05) is 39.3 Å². The number of methoxy groups -OCH3 is 2. The van der Waals surface area contributed by atoms with Crippen LogP contribution in [-0.2, 0) is 23.7 Å². The Bertz CT molecular complexity index is 455. The van der Waals surface area contributed by atoms with E-state index in [9.17, 15) is 9.90 Å². The van der Waals surface area contributed by atoms with Gasteiger partial charge >= 0.3 is 5.97 Å². The lowest BCUT2D eigenvalue weighted by Gasteiger charge is -2.34. The molecule has 0 unspecified atom stereocenters. The second-order valence-electron chi connectivity index (χ2n) is 9.31. The Kier molecular flexibility index (Phi) is 16.5. The molecule has 0 aromatic carbocycles. The van der Waals surface area contributed by atoms with Crippen LogP contribution in [0.1, 0.15) is 80.6 Å². The number of esters is 1. The van der Waals surface area contributed by atoms with Gasteiger partial charge in [0.2, 0.25) is 0 Å². The van der Waals surface area contributed by atoms with Gasteiger partial charge in [-0.3, -0.25) is 4.79 Å². The zero-order valence-electron chi connectivity index (χ0n) is 21.6. The van der Waals surface area contributed by atoms with Crippen molar-refractivity contribution in [2.24, 2.45) is 23.7 Å². The van der Waals surface area contributed by atoms with E-state index in [1.165, 1.54) is 0 Å². The first-order valence-electron chi connectivity index (χ1n) is 12.1. The number of aliphatic hydroxyl groups is 1. The van der Waals surface area contributed by atoms with E-state index in [1.54, 1.807) is 14.2 Å². The highest BCUT2D eigenvalue weighted by Crippen LogP contribution is 2.28. The van der Waals surface area contributed by atoms with Crippen molar-refractivity contribution in [1.82, 2.24) is 0 Å². The number of hydrogen-bond acceptors (Lipinski definition) is 6. The standard InChI is InChI=1S/C25H50O6/c1-10-14-30-21(11-2)15-23(28-8)18(5)12-13-22(31-25(27)17(3)4)20(7)24(29-9)19(6)16-26/h17-24,26H,10-16H2,1-9H3/t18-,19+,20-,21+,22+,23-,24+/m0/s1. The zero-order chi connectivity index (χ0) is 24.0. The van der Waals surface area contributed by atoms with E-state index in [4.69, 9.17) is 18.9 Å². The number of aliphatic hydroxyl groups excluding tert-OH is 1. The van der Waals surface area contributed by atoms with Crippen LogP contribution < -0.4 is 0 Å². The van der Waals surface area contributed by atoms with Crippen LogP contribution in [0.5, 0.6) is 0 Å². The Morgan fingerprint density at radius 1 is 0.903 bits per heavy atom. The molecule has 0 saturated heterocycles. The first-order chi connectivity index (χ1) is 14.7. The normalized spacial score (nSPS) is 18.8. The van der Waals surface area contributed by atoms with Gasteiger partial charge in [-0.25, -0.2) is 0 Å². The molecule has 0 saturated carbocycles. The molecule has 0 spiro atoms. The Balaban J connectivity index is 5.21. The average molecular weight is 447 g/mol. The van der Waals surface area contributed by atoms with Gasteiger partial charge in [-0.2, -0.15) is 0 Å². The summed E-state index contributed by atoms with van der Waals surface area (Å²) in [6.07, 6.45) is 4.27. The van der Waals surface area contributed by atoms with Crippen molar-refractivity contribution in [3.63, 3.8) is 0 Å². The van der Waals surface area contributed by atoms with Crippen LogP contribution in [0.2, 0.25) is 0 Å². The van der Waals surface area contributed by atoms with Gasteiger partial charge < -0.3 is 24.1 Å². The maximum absolute atomic E-state index is 12.4. The minimum absolute atomic E-state index is 0.0284. The molecule has 6 nitrogen and oxygen atoms in total. The van der Waals surface area contributed by atoms with E-state index in [0.717, 1.165) is 38.7 Å². The van der Waals surface area contributed by atoms with Gasteiger partial charge in [0.15, 0.2) is 0 Å². The van der Waals surface area contributed by atoms with Gasteiger partial charge in [0.1, 0.15) is 6.10 Å². The second kappa shape index (κ2) is 16.9. The minimum Gasteiger partial charge on any atom is -0.462 e. The molecule has 0 aliphatic rings. The highest BCUT2D eigenvalue weighted by Gasteiger charge is 2.33. The van der Waals surface area contributed by atoms with Crippen LogP contribution in [0.25, 0.3) is 0 Å². The van der Waals surface area contributed by atoms with E-state index < -0.39 is 0 Å². The first-order valence-corrected chi connectivity index (χ1v) is 12.1. The lowest BCUT2D eigenvalue weighted by atomic mass is 9.85. The molecule has 6 heteroatoms. The van der Waals surface area contributed by atoms with Crippen molar-refractivity contribution < 1.29 is 28.8 Å². The minimum atomic E-state index is -0.271. The maximum atomic E-state index is 12.4. The summed E-state index contributed by atoms with van der Waals surface area (Å²) < 4.78 is 23.4. The summed E-state index contributed by atoms with van der Waals surface area (Å²) in [6, 6.07) is 0. The lowest BCUT2D eigenvalue weighted by Crippen LogP contribution is -2.40. The number of rotatable bonds is 18. The molecule has 0 aliphatic carbocycles. The topological polar surface area (TPSA) is 74.2 Å². The van der Waals surface area contributed by atoms with E-state index in [0.29, 0.717) is 5.92 Å². The van der Waals surface area contributed by atoms with Crippen molar-refractivity contribution in [3.8, 4) is 0 Å². The van der Waals surface area contributed by atoms with Crippen LogP contribution in [0.3, 0.4) is 0 Å². The van der Waals surface area contributed by atoms with Crippen molar-refractivity contribution in [3.05, 3.63) is 0 Å². The molecular weight excluding hydrogens is 396 g/mol. The molecule has 186 valence electrons. The van der Waals surface area contributed by atoms with Gasteiger partial charge in [0.05, 0.1) is 24.2 Å². The van der Waals surface area contributed by atoms with Crippen molar-refractivity contribution in [1.29, 1.82) is 0 Å². The monoisotopic (exact) mass is 446 g/mol. The Hall–Kier alpha value is -0.690. The Labute approximate surface area is 191 Å². The number of ether oxygens (including phenoxy) is 4. The molecule has 0 bridgehead atoms. The molecule has 31 heavy (non-hydrogen) atoms. The van der Waals surface area contributed by atoms with Crippen molar-refractivity contribution in [2.45, 2.75) is 105 Å². The fourth-order valence-corrected chi connectivity index (χ4v) is 4.07. The summed E-state index contributed by atoms with van der Waals surface area (Å²) in [4.78, 5) is 12.4. The summed E-state index contributed by atoms with van der Waals surface area (Å²) >= 11 is 0. The van der Waals surface area contributed by atoms with Crippen LogP contribution in [0.15, 0.2) is 0 Å². The molecule has 0 aromatic heterocycles. The van der Waals surface area contributed by atoms with Gasteiger partial charge in [-0.1, -0.05) is 48.5 Å². The summed E-state index contributed by atoms with van der Waals surface area (Å²) in [5.41, 5.74) is 0. The van der Waals surface area contributed by atoms with E-state index >= 15 is 0 Å². The molecule has 0 amide bonds. The summed E-state index contributed by atoms with van der Waals surface area (Å²) in [6.45, 7) is 15.0. The van der Waals surface area contributed by atoms with Crippen LogP contribution in [0.4, 0.5) is 0 Å². The lowest BCUT2D eigenvalue weighted by molar-refractivity contribution is -0.160. The predicted molar refractivity (Wildman–Crippen MR) is 125 cm³/mol. The smallest absolute Gasteiger partial charge is 0.308 e. The number of carbonyl (C=O) groups excluding carboxylic acids is 1. The fourth-order valence-electron chi connectivity index (χ4n) is 4.07. The molecule has 0 fully saturated rings. The average Bonchev–Trinajstić information content (AvgIpc) is 2.76. The van der Waals surface area contributed by atoms with Crippen LogP contribution in [-0.4, -0.2) is 62.9 Å². The molecule has 1 N–H and O–H groups in total. The SMILES string of the molecule is CCCO[C@H](CC)C[C@H](OC)[C@@H](C)CC[C@@H](OC(=O)C(C)C)[C@H](C)[C@H](OC)[C@H](C)CO. The third-order valence-electron chi connectivity index (χ3n) is 6.32. The molecule has 0 radical (unpaired) electrons. The third kappa shape index (κ3) is 11.1. The fraction of sp³-hybridized carbons (Fsp3) is 0.960. The maximum Gasteiger partial charge on any atom is 0.308 e. The molecule has 0 rings (SSSR count). The highest BCUT2D eigenvalue weighted by atomic mass is 16.5. The molecule has 0 heterocycles. The van der Waals surface area contributed by atoms with Gasteiger partial charge in [-0.05, 0) is 38.0 Å². The van der Waals surface area contributed by atoms with Crippen LogP contribution in [0, 0.1) is 23.7 Å². The zero-order valence-corrected chi connectivity index (χ0v) is 21.6. The Morgan fingerprint density at radius 2 is 1.55 bits per heavy atom. The molecular formula is C25H50O6. The summed E-state index contributed by atoms with van der Waals surface area (Å²) in [7, 11) is 3.41. The number of carbonyl (C=O) groups is 1. The van der Waals surface area contributed by atoms with E-state index in [1.807, 2.05) is 27.7 Å². The van der Waals surface area contributed by atoms with Crippen molar-refractivity contribution in [2.75, 3.05) is 27.4 Å². The Morgan fingerprint density at radius 3 is 2.00 bits per heavy atom. The van der Waals surface area contributed by atoms with Crippen LogP contribution >= 0.6 is 0 Å². The largest absolute Gasteiger partial charge is 0.462 e. The van der Waals surface area contributed by atoms with Gasteiger partial charge in [0.25, 0.3) is 0 Å².